The standard InChI is InChI=1S/C21H22N2O4S2/c24-20(22-19(13-4-1-2-5-13)17-6-3-11-28-17)14-7-10-16-18(12-14)29(26,27)23(21(16)25)15-8-9-15/h3,6-7,10-13,15,19H,1-2,4-5,8-9H2,(H,22,24). The van der Waals surface area contributed by atoms with E-state index in [1.807, 2.05) is 17.5 Å². The first kappa shape index (κ1) is 18.8. The molecule has 2 saturated carbocycles. The van der Waals surface area contributed by atoms with Crippen LogP contribution in [0.1, 0.15) is 70.2 Å². The Morgan fingerprint density at radius 2 is 1.90 bits per heavy atom. The first-order chi connectivity index (χ1) is 14.0. The van der Waals surface area contributed by atoms with E-state index in [2.05, 4.69) is 5.32 Å². The summed E-state index contributed by atoms with van der Waals surface area (Å²) in [6.07, 6.45) is 5.89. The monoisotopic (exact) mass is 430 g/mol. The Morgan fingerprint density at radius 3 is 2.55 bits per heavy atom. The van der Waals surface area contributed by atoms with Crippen LogP contribution in [0.2, 0.25) is 0 Å². The van der Waals surface area contributed by atoms with Gasteiger partial charge in [0.25, 0.3) is 21.8 Å². The van der Waals surface area contributed by atoms with E-state index in [0.717, 1.165) is 22.0 Å². The quantitative estimate of drug-likeness (QED) is 0.784. The van der Waals surface area contributed by atoms with Crippen LogP contribution < -0.4 is 5.32 Å². The predicted molar refractivity (Wildman–Crippen MR) is 109 cm³/mol. The van der Waals surface area contributed by atoms with Gasteiger partial charge in [0.2, 0.25) is 0 Å². The average Bonchev–Trinajstić information content (AvgIpc) is 3.13. The lowest BCUT2D eigenvalue weighted by atomic mass is 9.96. The average molecular weight is 431 g/mol. The molecule has 0 bridgehead atoms. The van der Waals surface area contributed by atoms with E-state index >= 15 is 0 Å². The minimum Gasteiger partial charge on any atom is -0.344 e. The Labute approximate surface area is 174 Å². The first-order valence-electron chi connectivity index (χ1n) is 10.0. The summed E-state index contributed by atoms with van der Waals surface area (Å²) in [4.78, 5) is 26.6. The lowest BCUT2D eigenvalue weighted by Gasteiger charge is -2.24. The van der Waals surface area contributed by atoms with Gasteiger partial charge < -0.3 is 5.32 Å². The second-order valence-corrected chi connectivity index (χ2v) is 10.8. The molecule has 8 heteroatoms. The van der Waals surface area contributed by atoms with Crippen molar-refractivity contribution in [3.63, 3.8) is 0 Å². The fourth-order valence-corrected chi connectivity index (χ4v) is 7.17. The van der Waals surface area contributed by atoms with Gasteiger partial charge in [-0.3, -0.25) is 9.59 Å². The Hall–Kier alpha value is -2.19. The third kappa shape index (κ3) is 3.18. The molecule has 2 fully saturated rings. The molecule has 1 aliphatic heterocycles. The first-order valence-corrected chi connectivity index (χ1v) is 12.4. The zero-order valence-corrected chi connectivity index (χ0v) is 17.5. The zero-order valence-electron chi connectivity index (χ0n) is 15.8. The molecule has 1 unspecified atom stereocenters. The molecule has 29 heavy (non-hydrogen) atoms. The number of sulfonamides is 1. The van der Waals surface area contributed by atoms with Crippen LogP contribution >= 0.6 is 11.3 Å². The fraction of sp³-hybridized carbons (Fsp3) is 0.429. The SMILES string of the molecule is O=C(NC(c1cccs1)C1CCCC1)c1ccc2c(c1)S(=O)(=O)N(C1CC1)C2=O. The smallest absolute Gasteiger partial charge is 0.269 e. The van der Waals surface area contributed by atoms with E-state index in [0.29, 0.717) is 18.8 Å². The van der Waals surface area contributed by atoms with Crippen LogP contribution in [0.4, 0.5) is 0 Å². The molecule has 3 aliphatic rings. The molecule has 2 aromatic rings. The van der Waals surface area contributed by atoms with Crippen molar-refractivity contribution in [3.05, 3.63) is 51.7 Å². The molecule has 0 spiro atoms. The molecular weight excluding hydrogens is 408 g/mol. The number of nitrogens with zero attached hydrogens (tertiary/aromatic N) is 1. The largest absolute Gasteiger partial charge is 0.344 e. The molecule has 2 amide bonds. The highest BCUT2D eigenvalue weighted by molar-refractivity contribution is 7.90. The van der Waals surface area contributed by atoms with Crippen molar-refractivity contribution >= 4 is 33.2 Å². The van der Waals surface area contributed by atoms with Gasteiger partial charge in [-0.1, -0.05) is 18.9 Å². The van der Waals surface area contributed by atoms with Crippen LogP contribution in [0.3, 0.4) is 0 Å². The van der Waals surface area contributed by atoms with Crippen molar-refractivity contribution in [1.29, 1.82) is 0 Å². The van der Waals surface area contributed by atoms with Crippen molar-refractivity contribution in [3.8, 4) is 0 Å². The second kappa shape index (κ2) is 6.95. The van der Waals surface area contributed by atoms with Gasteiger partial charge >= 0.3 is 0 Å². The molecule has 0 radical (unpaired) electrons. The van der Waals surface area contributed by atoms with Crippen LogP contribution in [0, 0.1) is 5.92 Å². The Kier molecular flexibility index (Phi) is 4.51. The minimum atomic E-state index is -3.87. The van der Waals surface area contributed by atoms with Gasteiger partial charge in [0.1, 0.15) is 4.90 Å². The van der Waals surface area contributed by atoms with Crippen molar-refractivity contribution in [2.75, 3.05) is 0 Å². The van der Waals surface area contributed by atoms with E-state index in [-0.39, 0.29) is 34.0 Å². The van der Waals surface area contributed by atoms with Gasteiger partial charge in [0, 0.05) is 16.5 Å². The molecule has 2 aliphatic carbocycles. The number of benzene rings is 1. The lowest BCUT2D eigenvalue weighted by molar-refractivity contribution is 0.0862. The summed E-state index contributed by atoms with van der Waals surface area (Å²) in [5.74, 6) is -0.384. The number of nitrogens with one attached hydrogen (secondary N) is 1. The van der Waals surface area contributed by atoms with Crippen LogP contribution in [0.15, 0.2) is 40.6 Å². The van der Waals surface area contributed by atoms with Gasteiger partial charge in [-0.2, -0.15) is 0 Å². The van der Waals surface area contributed by atoms with Crippen molar-refractivity contribution in [2.45, 2.75) is 55.5 Å². The summed E-state index contributed by atoms with van der Waals surface area (Å²) in [5, 5.41) is 5.14. The number of thiophene rings is 1. The molecule has 0 saturated heterocycles. The third-order valence-corrected chi connectivity index (χ3v) is 8.93. The lowest BCUT2D eigenvalue weighted by Crippen LogP contribution is -2.32. The number of carbonyl (C=O) groups is 2. The Morgan fingerprint density at radius 1 is 1.14 bits per heavy atom. The van der Waals surface area contributed by atoms with Gasteiger partial charge in [-0.15, -0.1) is 11.3 Å². The summed E-state index contributed by atoms with van der Waals surface area (Å²) >= 11 is 1.62. The maximum absolute atomic E-state index is 13.0. The highest BCUT2D eigenvalue weighted by atomic mass is 32.2. The van der Waals surface area contributed by atoms with E-state index in [9.17, 15) is 18.0 Å². The van der Waals surface area contributed by atoms with Crippen LogP contribution in [-0.4, -0.2) is 30.6 Å². The number of amides is 2. The molecule has 6 nitrogen and oxygen atoms in total. The highest BCUT2D eigenvalue weighted by Crippen LogP contribution is 2.40. The number of rotatable bonds is 5. The second-order valence-electron chi connectivity index (χ2n) is 8.06. The molecule has 1 N–H and O–H groups in total. The van der Waals surface area contributed by atoms with Gasteiger partial charge in [0.15, 0.2) is 0 Å². The molecule has 1 atom stereocenters. The maximum Gasteiger partial charge on any atom is 0.269 e. The van der Waals surface area contributed by atoms with Gasteiger partial charge in [-0.25, -0.2) is 12.7 Å². The number of hydrogen-bond donors (Lipinski definition) is 1. The highest BCUT2D eigenvalue weighted by Gasteiger charge is 2.48. The third-order valence-electron chi connectivity index (χ3n) is 6.10. The van der Waals surface area contributed by atoms with Gasteiger partial charge in [0.05, 0.1) is 11.6 Å². The van der Waals surface area contributed by atoms with E-state index < -0.39 is 15.9 Å². The van der Waals surface area contributed by atoms with Crippen molar-refractivity contribution in [1.82, 2.24) is 9.62 Å². The summed E-state index contributed by atoms with van der Waals surface area (Å²) in [5.41, 5.74) is 0.441. The topological polar surface area (TPSA) is 83.6 Å². The van der Waals surface area contributed by atoms with Crippen molar-refractivity contribution < 1.29 is 18.0 Å². The Balaban J connectivity index is 1.44. The van der Waals surface area contributed by atoms with E-state index in [4.69, 9.17) is 0 Å². The molecule has 5 rings (SSSR count). The molecule has 2 heterocycles. The van der Waals surface area contributed by atoms with E-state index in [1.165, 1.54) is 25.0 Å². The van der Waals surface area contributed by atoms with Crippen LogP contribution in [0.5, 0.6) is 0 Å². The summed E-state index contributed by atoms with van der Waals surface area (Å²) in [6.45, 7) is 0. The predicted octanol–water partition coefficient (Wildman–Crippen LogP) is 3.72. The van der Waals surface area contributed by atoms with Gasteiger partial charge in [-0.05, 0) is 61.2 Å². The maximum atomic E-state index is 13.0. The fourth-order valence-electron chi connectivity index (χ4n) is 4.46. The molecule has 1 aromatic heterocycles. The number of hydrogen-bond acceptors (Lipinski definition) is 5. The normalized spacial score (nSPS) is 21.9. The van der Waals surface area contributed by atoms with Crippen molar-refractivity contribution in [2.24, 2.45) is 5.92 Å². The summed E-state index contributed by atoms with van der Waals surface area (Å²) in [7, 11) is -3.87. The molecular formula is C21H22N2O4S2. The number of fused-ring (bicyclic) bond motifs is 1. The minimum absolute atomic E-state index is 0.0458. The van der Waals surface area contributed by atoms with E-state index in [1.54, 1.807) is 17.4 Å². The summed E-state index contributed by atoms with van der Waals surface area (Å²) in [6, 6.07) is 8.10. The van der Waals surface area contributed by atoms with Crippen LogP contribution in [-0.2, 0) is 10.0 Å². The molecule has 152 valence electrons. The van der Waals surface area contributed by atoms with Crippen LogP contribution in [0.25, 0.3) is 0 Å². The number of carbonyl (C=O) groups excluding carboxylic acids is 2. The summed E-state index contributed by atoms with van der Waals surface area (Å²) < 4.78 is 26.7. The zero-order chi connectivity index (χ0) is 20.2. The molecule has 1 aromatic carbocycles. The Bertz CT molecular complexity index is 1070.